The van der Waals surface area contributed by atoms with Crippen LogP contribution in [0.3, 0.4) is 0 Å². The minimum atomic E-state index is -4.45. The van der Waals surface area contributed by atoms with E-state index in [0.29, 0.717) is 23.9 Å². The molecule has 0 aromatic heterocycles. The molecule has 0 aliphatic rings. The van der Waals surface area contributed by atoms with Gasteiger partial charge in [0.05, 0.1) is 33.8 Å². The molecule has 2 N–H and O–H groups in total. The van der Waals surface area contributed by atoms with Crippen molar-refractivity contribution in [2.45, 2.75) is 348 Å². The molecule has 0 saturated carbocycles. The summed E-state index contributed by atoms with van der Waals surface area (Å²) in [4.78, 5) is 37.8. The molecule has 0 heterocycles. The topological polar surface area (TPSA) is 111 Å². The molecule has 1 amide bonds. The van der Waals surface area contributed by atoms with Crippen LogP contribution in [-0.2, 0) is 27.9 Å². The van der Waals surface area contributed by atoms with Crippen molar-refractivity contribution in [3.05, 3.63) is 48.6 Å². The third kappa shape index (κ3) is 60.6. The number of unbranched alkanes of at least 4 members (excludes halogenated alkanes) is 41. The van der Waals surface area contributed by atoms with E-state index < -0.39 is 20.0 Å². The highest BCUT2D eigenvalue weighted by atomic mass is 31.2. The number of esters is 1. The van der Waals surface area contributed by atoms with Gasteiger partial charge in [0.25, 0.3) is 0 Å². The number of hydrogen-bond donors (Lipinski definition) is 2. The quantitative estimate of drug-likeness (QED) is 0.0205. The van der Waals surface area contributed by atoms with Crippen LogP contribution in [0.2, 0.25) is 0 Å². The van der Waals surface area contributed by atoms with Gasteiger partial charge in [-0.05, 0) is 89.5 Å². The number of hydrogen-bond acceptors (Lipinski definition) is 6. The zero-order valence-corrected chi connectivity index (χ0v) is 54.7. The highest BCUT2D eigenvalue weighted by Gasteiger charge is 2.30. The third-order valence-electron chi connectivity index (χ3n) is 15.5. The Bertz CT molecular complexity index is 1510. The van der Waals surface area contributed by atoms with E-state index in [-0.39, 0.29) is 25.1 Å². The lowest BCUT2D eigenvalue weighted by atomic mass is 10.0. The maximum Gasteiger partial charge on any atom is 0.472 e. The standard InChI is InChI=1S/C70H133N2O7P/c1-7-10-13-16-19-22-25-28-30-32-33-34-35-36-37-38-39-41-43-45-48-51-54-57-60-63-70(74)79-68(61-58-55-52-49-46-27-24-21-18-15-12-9-3)67(66-78-80(75,76)77-65-64-72(4,5)6)71-69(73)62-59-56-53-50-47-44-42-40-31-29-26-23-20-17-14-11-8-2/h19,22,28-31,58,61,67-68H,7-18,20-21,23-27,32-57,59-60,62-66H2,1-6H3,(H-,71,73,75,76)/p+1/b22-19-,30-28-,31-29+,61-58-. The molecule has 3 unspecified atom stereocenters. The van der Waals surface area contributed by atoms with E-state index in [0.717, 1.165) is 70.6 Å². The maximum absolute atomic E-state index is 13.6. The van der Waals surface area contributed by atoms with E-state index in [9.17, 15) is 19.0 Å². The molecular formula is C70H134N2O7P+. The predicted molar refractivity (Wildman–Crippen MR) is 346 cm³/mol. The predicted octanol–water partition coefficient (Wildman–Crippen LogP) is 21.6. The monoisotopic (exact) mass is 1150 g/mol. The summed E-state index contributed by atoms with van der Waals surface area (Å²) in [6.45, 7) is 7.02. The fourth-order valence-corrected chi connectivity index (χ4v) is 10.9. The molecule has 0 aliphatic carbocycles. The molecule has 0 aliphatic heterocycles. The molecule has 0 spiro atoms. The number of nitrogens with zero attached hydrogens (tertiary/aromatic N) is 1. The van der Waals surface area contributed by atoms with E-state index in [1.165, 1.54) is 231 Å². The van der Waals surface area contributed by atoms with Crippen molar-refractivity contribution in [2.75, 3.05) is 40.9 Å². The molecule has 3 atom stereocenters. The summed E-state index contributed by atoms with van der Waals surface area (Å²) in [6.07, 6.45) is 75.4. The average Bonchev–Trinajstić information content (AvgIpc) is 3.42. The number of phosphoric ester groups is 1. The lowest BCUT2D eigenvalue weighted by Gasteiger charge is -2.27. The Morgan fingerprint density at radius 1 is 0.438 bits per heavy atom. The molecule has 0 aromatic rings. The van der Waals surface area contributed by atoms with E-state index >= 15 is 0 Å². The summed E-state index contributed by atoms with van der Waals surface area (Å²) in [6, 6.07) is -0.849. The van der Waals surface area contributed by atoms with Gasteiger partial charge in [-0.2, -0.15) is 0 Å². The lowest BCUT2D eigenvalue weighted by Crippen LogP contribution is -2.47. The zero-order valence-electron chi connectivity index (χ0n) is 53.8. The number of phosphoric acid groups is 1. The average molecular weight is 1150 g/mol. The van der Waals surface area contributed by atoms with Crippen molar-refractivity contribution in [3.63, 3.8) is 0 Å². The van der Waals surface area contributed by atoms with Gasteiger partial charge in [0.1, 0.15) is 19.3 Å². The molecule has 0 saturated heterocycles. The number of likely N-dealkylation sites (N-methyl/N-ethyl adjacent to an activating group) is 1. The smallest absolute Gasteiger partial charge is 0.456 e. The van der Waals surface area contributed by atoms with Crippen molar-refractivity contribution in [3.8, 4) is 0 Å². The van der Waals surface area contributed by atoms with E-state index in [2.05, 4.69) is 62.5 Å². The van der Waals surface area contributed by atoms with Crippen LogP contribution in [-0.4, -0.2) is 74.3 Å². The summed E-state index contributed by atoms with van der Waals surface area (Å²) >= 11 is 0. The first-order valence-corrected chi connectivity index (χ1v) is 36.0. The van der Waals surface area contributed by atoms with Gasteiger partial charge >= 0.3 is 13.8 Å². The molecule has 0 rings (SSSR count). The fourth-order valence-electron chi connectivity index (χ4n) is 10.1. The van der Waals surface area contributed by atoms with Crippen molar-refractivity contribution < 1.29 is 37.3 Å². The Kier molecular flexibility index (Phi) is 58.6. The van der Waals surface area contributed by atoms with Gasteiger partial charge < -0.3 is 19.4 Å². The van der Waals surface area contributed by atoms with Gasteiger partial charge in [0.15, 0.2) is 0 Å². The third-order valence-corrected chi connectivity index (χ3v) is 16.5. The fraction of sp³-hybridized carbons (Fsp3) is 0.857. The first-order chi connectivity index (χ1) is 38.9. The first kappa shape index (κ1) is 78.0. The number of carbonyl (C=O) groups excluding carboxylic acids is 2. The largest absolute Gasteiger partial charge is 0.472 e. The Balaban J connectivity index is 5.06. The van der Waals surface area contributed by atoms with Crippen LogP contribution in [0.5, 0.6) is 0 Å². The van der Waals surface area contributed by atoms with Gasteiger partial charge in [-0.3, -0.25) is 18.6 Å². The summed E-state index contributed by atoms with van der Waals surface area (Å²) in [5.74, 6) is -0.497. The first-order valence-electron chi connectivity index (χ1n) is 34.5. The molecule has 9 nitrogen and oxygen atoms in total. The van der Waals surface area contributed by atoms with Crippen molar-refractivity contribution >= 4 is 19.7 Å². The number of rotatable bonds is 63. The highest BCUT2D eigenvalue weighted by molar-refractivity contribution is 7.47. The van der Waals surface area contributed by atoms with Crippen LogP contribution in [0.15, 0.2) is 48.6 Å². The zero-order chi connectivity index (χ0) is 58.6. The number of quaternary nitrogens is 1. The Labute approximate surface area is 497 Å². The second kappa shape index (κ2) is 60.1. The van der Waals surface area contributed by atoms with Crippen molar-refractivity contribution in [1.82, 2.24) is 5.32 Å². The van der Waals surface area contributed by atoms with Crippen molar-refractivity contribution in [2.24, 2.45) is 0 Å². The number of nitrogens with one attached hydrogen (secondary N) is 1. The number of carbonyl (C=O) groups is 2. The molecule has 10 heteroatoms. The molecule has 80 heavy (non-hydrogen) atoms. The SMILES string of the molecule is CCCCC/C=C\C/C=C\CCCCCCCCCCCCCCCCCC(=O)OC(/C=C\CCCCCCCCCCCC)C(COP(=O)(O)OCC[N+](C)(C)C)NC(=O)CCCCCCCCC/C=C/CCCCCCCC. The van der Waals surface area contributed by atoms with Gasteiger partial charge in [0, 0.05) is 12.8 Å². The molecular weight excluding hydrogens is 1010 g/mol. The van der Waals surface area contributed by atoms with Gasteiger partial charge in [0.2, 0.25) is 5.91 Å². The minimum Gasteiger partial charge on any atom is -0.456 e. The summed E-state index contributed by atoms with van der Waals surface area (Å²) < 4.78 is 30.8. The van der Waals surface area contributed by atoms with Gasteiger partial charge in [-0.1, -0.05) is 282 Å². The Hall–Kier alpha value is -2.03. The number of ether oxygens (including phenoxy) is 1. The van der Waals surface area contributed by atoms with E-state index in [1.807, 2.05) is 33.3 Å². The second-order valence-electron chi connectivity index (χ2n) is 24.7. The Morgan fingerprint density at radius 2 is 0.762 bits per heavy atom. The summed E-state index contributed by atoms with van der Waals surface area (Å²) in [5, 5.41) is 3.07. The summed E-state index contributed by atoms with van der Waals surface area (Å²) in [5.41, 5.74) is 0. The maximum atomic E-state index is 13.6. The molecule has 0 fully saturated rings. The van der Waals surface area contributed by atoms with Gasteiger partial charge in [-0.25, -0.2) is 4.57 Å². The minimum absolute atomic E-state index is 0.0407. The number of amides is 1. The number of allylic oxidation sites excluding steroid dienone is 7. The molecule has 470 valence electrons. The van der Waals surface area contributed by atoms with Crippen LogP contribution in [0.25, 0.3) is 0 Å². The molecule has 0 aromatic carbocycles. The van der Waals surface area contributed by atoms with Crippen LogP contribution in [0, 0.1) is 0 Å². The second-order valence-corrected chi connectivity index (χ2v) is 26.1. The lowest BCUT2D eigenvalue weighted by molar-refractivity contribution is -0.870. The van der Waals surface area contributed by atoms with Crippen LogP contribution in [0.4, 0.5) is 0 Å². The van der Waals surface area contributed by atoms with Gasteiger partial charge in [-0.15, -0.1) is 0 Å². The van der Waals surface area contributed by atoms with Crippen LogP contribution < -0.4 is 5.32 Å². The van der Waals surface area contributed by atoms with E-state index in [4.69, 9.17) is 13.8 Å². The molecule has 0 bridgehead atoms. The van der Waals surface area contributed by atoms with Crippen LogP contribution in [0.1, 0.15) is 335 Å². The Morgan fingerprint density at radius 3 is 1.16 bits per heavy atom. The highest BCUT2D eigenvalue weighted by Crippen LogP contribution is 2.43. The van der Waals surface area contributed by atoms with E-state index in [1.54, 1.807) is 0 Å². The normalized spacial score (nSPS) is 13.8. The summed E-state index contributed by atoms with van der Waals surface area (Å²) in [7, 11) is 1.50. The van der Waals surface area contributed by atoms with Crippen molar-refractivity contribution in [1.29, 1.82) is 0 Å². The molecule has 0 radical (unpaired) electrons. The van der Waals surface area contributed by atoms with Crippen LogP contribution >= 0.6 is 7.82 Å².